The highest BCUT2D eigenvalue weighted by Gasteiger charge is 2.64. The summed E-state index contributed by atoms with van der Waals surface area (Å²) in [4.78, 5) is 22.4. The Morgan fingerprint density at radius 2 is 1.56 bits per heavy atom. The predicted octanol–water partition coefficient (Wildman–Crippen LogP) is -0.107. The number of ether oxygens (including phenoxy) is 4. The summed E-state index contributed by atoms with van der Waals surface area (Å²) in [5, 5.41) is 0. The minimum absolute atomic E-state index is 0.0574. The molecule has 1 saturated carbocycles. The predicted molar refractivity (Wildman–Crippen MR) is 57.6 cm³/mol. The van der Waals surface area contributed by atoms with Crippen molar-refractivity contribution in [1.29, 1.82) is 0 Å². The molecule has 0 radical (unpaired) electrons. The van der Waals surface area contributed by atoms with Crippen molar-refractivity contribution < 1.29 is 28.5 Å². The molecule has 6 atom stereocenters. The van der Waals surface area contributed by atoms with Crippen LogP contribution in [-0.2, 0) is 28.5 Å². The van der Waals surface area contributed by atoms with Crippen LogP contribution in [0.15, 0.2) is 0 Å². The van der Waals surface area contributed by atoms with E-state index in [9.17, 15) is 9.59 Å². The molecule has 6 heteroatoms. The van der Waals surface area contributed by atoms with E-state index < -0.39 is 12.2 Å². The highest BCUT2D eigenvalue weighted by molar-refractivity contribution is 5.67. The Labute approximate surface area is 105 Å². The molecule has 100 valence electrons. The molecule has 18 heavy (non-hydrogen) atoms. The monoisotopic (exact) mass is 256 g/mol. The molecule has 0 bridgehead atoms. The zero-order chi connectivity index (χ0) is 12.9. The second-order valence-electron chi connectivity index (χ2n) is 5.08. The average Bonchev–Trinajstić information content (AvgIpc) is 2.92. The van der Waals surface area contributed by atoms with E-state index in [1.807, 2.05) is 0 Å². The van der Waals surface area contributed by atoms with Gasteiger partial charge in [-0.1, -0.05) is 0 Å². The van der Waals surface area contributed by atoms with Crippen molar-refractivity contribution in [2.75, 3.05) is 13.2 Å². The van der Waals surface area contributed by atoms with E-state index in [4.69, 9.17) is 18.9 Å². The van der Waals surface area contributed by atoms with Gasteiger partial charge in [0.25, 0.3) is 0 Å². The summed E-state index contributed by atoms with van der Waals surface area (Å²) in [5.74, 6) is -0.459. The van der Waals surface area contributed by atoms with Crippen LogP contribution in [0.25, 0.3) is 0 Å². The number of esters is 2. The molecule has 0 amide bonds. The van der Waals surface area contributed by atoms with Crippen LogP contribution >= 0.6 is 0 Å². The maximum absolute atomic E-state index is 11.2. The lowest BCUT2D eigenvalue weighted by Crippen LogP contribution is -2.51. The van der Waals surface area contributed by atoms with Gasteiger partial charge in [0.1, 0.15) is 12.2 Å². The number of epoxide rings is 1. The van der Waals surface area contributed by atoms with Crippen molar-refractivity contribution in [3.63, 3.8) is 0 Å². The minimum atomic E-state index is -0.501. The molecule has 0 unspecified atom stereocenters. The van der Waals surface area contributed by atoms with Crippen molar-refractivity contribution in [2.45, 2.75) is 38.3 Å². The fourth-order valence-electron chi connectivity index (χ4n) is 3.11. The molecule has 3 aliphatic rings. The molecular formula is C12H16O6. The van der Waals surface area contributed by atoms with Gasteiger partial charge in [0.05, 0.1) is 19.3 Å². The van der Waals surface area contributed by atoms with Crippen LogP contribution in [0.2, 0.25) is 0 Å². The van der Waals surface area contributed by atoms with Crippen LogP contribution < -0.4 is 0 Å². The van der Waals surface area contributed by atoms with Gasteiger partial charge in [-0.3, -0.25) is 9.59 Å². The normalized spacial score (nSPS) is 44.8. The van der Waals surface area contributed by atoms with Crippen LogP contribution in [-0.4, -0.2) is 49.6 Å². The third kappa shape index (κ3) is 1.89. The summed E-state index contributed by atoms with van der Waals surface area (Å²) in [6, 6.07) is 0. The van der Waals surface area contributed by atoms with Gasteiger partial charge < -0.3 is 18.9 Å². The highest BCUT2D eigenvalue weighted by atomic mass is 16.7. The molecule has 2 aliphatic heterocycles. The Bertz CT molecular complexity index is 381. The molecule has 2 heterocycles. The Morgan fingerprint density at radius 3 is 2.22 bits per heavy atom. The molecule has 6 nitrogen and oxygen atoms in total. The zero-order valence-corrected chi connectivity index (χ0v) is 10.3. The maximum Gasteiger partial charge on any atom is 0.303 e. The van der Waals surface area contributed by atoms with E-state index in [-0.39, 0.29) is 36.0 Å². The molecule has 0 aromatic rings. The van der Waals surface area contributed by atoms with Gasteiger partial charge in [-0.15, -0.1) is 0 Å². The molecule has 3 rings (SSSR count). The van der Waals surface area contributed by atoms with Crippen molar-refractivity contribution in [1.82, 2.24) is 0 Å². The number of rotatable bonds is 2. The van der Waals surface area contributed by atoms with E-state index in [1.165, 1.54) is 13.8 Å². The zero-order valence-electron chi connectivity index (χ0n) is 10.3. The fraction of sp³-hybridized carbons (Fsp3) is 0.833. The van der Waals surface area contributed by atoms with E-state index >= 15 is 0 Å². The van der Waals surface area contributed by atoms with E-state index in [0.29, 0.717) is 13.2 Å². The molecule has 0 N–H and O–H groups in total. The topological polar surface area (TPSA) is 74.4 Å². The molecule has 1 aliphatic carbocycles. The molecule has 2 saturated heterocycles. The number of hydrogen-bond acceptors (Lipinski definition) is 6. The summed E-state index contributed by atoms with van der Waals surface area (Å²) < 4.78 is 21.6. The van der Waals surface area contributed by atoms with Gasteiger partial charge in [0, 0.05) is 25.7 Å². The third-order valence-corrected chi connectivity index (χ3v) is 3.83. The summed E-state index contributed by atoms with van der Waals surface area (Å²) >= 11 is 0. The second kappa shape index (κ2) is 4.20. The lowest BCUT2D eigenvalue weighted by molar-refractivity contribution is -0.174. The summed E-state index contributed by atoms with van der Waals surface area (Å²) in [7, 11) is 0. The number of fused-ring (bicyclic) bond motifs is 3. The molecule has 3 fully saturated rings. The Hall–Kier alpha value is -1.14. The minimum Gasteiger partial charge on any atom is -0.458 e. The van der Waals surface area contributed by atoms with Crippen LogP contribution in [0.1, 0.15) is 13.8 Å². The van der Waals surface area contributed by atoms with Crippen molar-refractivity contribution >= 4 is 11.9 Å². The number of carbonyl (C=O) groups is 2. The summed E-state index contributed by atoms with van der Waals surface area (Å²) in [6.07, 6.45) is -1.03. The quantitative estimate of drug-likeness (QED) is 0.507. The smallest absolute Gasteiger partial charge is 0.303 e. The number of hydrogen-bond donors (Lipinski definition) is 0. The Kier molecular flexibility index (Phi) is 2.79. The van der Waals surface area contributed by atoms with Gasteiger partial charge in [-0.2, -0.15) is 0 Å². The Balaban J connectivity index is 1.82. The van der Waals surface area contributed by atoms with Crippen LogP contribution in [0.5, 0.6) is 0 Å². The Morgan fingerprint density at radius 1 is 0.944 bits per heavy atom. The van der Waals surface area contributed by atoms with E-state index in [1.54, 1.807) is 0 Å². The van der Waals surface area contributed by atoms with Gasteiger partial charge in [0.2, 0.25) is 0 Å². The van der Waals surface area contributed by atoms with Crippen LogP contribution in [0.3, 0.4) is 0 Å². The summed E-state index contributed by atoms with van der Waals surface area (Å²) in [5.41, 5.74) is 0. The first-order valence-electron chi connectivity index (χ1n) is 6.15. The van der Waals surface area contributed by atoms with Gasteiger partial charge in [0.15, 0.2) is 6.10 Å². The number of carbonyl (C=O) groups excluding carboxylic acids is 2. The van der Waals surface area contributed by atoms with Crippen LogP contribution in [0.4, 0.5) is 0 Å². The van der Waals surface area contributed by atoms with E-state index in [2.05, 4.69) is 0 Å². The largest absolute Gasteiger partial charge is 0.458 e. The standard InChI is InChI=1S/C12H16O6/c1-5(13)16-9-7-3-15-4-8(7)10-12(18-10)11(9)17-6(2)14/h7-12H,3-4H2,1-2H3/t7-,8+,9-,10-,11+,12-/m0/s1. The molecule has 0 aromatic heterocycles. The van der Waals surface area contributed by atoms with Gasteiger partial charge in [-0.05, 0) is 0 Å². The van der Waals surface area contributed by atoms with E-state index in [0.717, 1.165) is 0 Å². The third-order valence-electron chi connectivity index (χ3n) is 3.83. The second-order valence-corrected chi connectivity index (χ2v) is 5.08. The van der Waals surface area contributed by atoms with Crippen molar-refractivity contribution in [3.05, 3.63) is 0 Å². The lowest BCUT2D eigenvalue weighted by Gasteiger charge is -2.34. The van der Waals surface area contributed by atoms with Crippen LogP contribution in [0, 0.1) is 11.8 Å². The first kappa shape index (κ1) is 11.9. The maximum atomic E-state index is 11.2. The highest BCUT2D eigenvalue weighted by Crippen LogP contribution is 2.48. The summed E-state index contributed by atoms with van der Waals surface area (Å²) in [6.45, 7) is 3.85. The fourth-order valence-corrected chi connectivity index (χ4v) is 3.11. The first-order valence-corrected chi connectivity index (χ1v) is 6.15. The van der Waals surface area contributed by atoms with Gasteiger partial charge >= 0.3 is 11.9 Å². The lowest BCUT2D eigenvalue weighted by atomic mass is 9.78. The van der Waals surface area contributed by atoms with Crippen molar-refractivity contribution in [2.24, 2.45) is 11.8 Å². The molecule has 0 aromatic carbocycles. The molecule has 0 spiro atoms. The van der Waals surface area contributed by atoms with Gasteiger partial charge in [-0.25, -0.2) is 0 Å². The van der Waals surface area contributed by atoms with Crippen molar-refractivity contribution in [3.8, 4) is 0 Å². The first-order chi connectivity index (χ1) is 8.58. The average molecular weight is 256 g/mol. The molecular weight excluding hydrogens is 240 g/mol. The SMILES string of the molecule is CC(=O)O[C@H]1[C@H]2O[C@H]2[C@@H]2COC[C@@H]2[C@@H]1OC(C)=O.